The van der Waals surface area contributed by atoms with Crippen LogP contribution in [0.2, 0.25) is 0 Å². The monoisotopic (exact) mass is 405 g/mol. The maximum absolute atomic E-state index is 12.8. The SMILES string of the molecule is O=C(O)Cc1ccccc1N1CCN(S(=O)(=O)c2ccc([N+](=O)[O-])cc2)CC1. The molecule has 0 aromatic heterocycles. The summed E-state index contributed by atoms with van der Waals surface area (Å²) in [6, 6.07) is 12.0. The number of carbonyl (C=O) groups is 1. The molecule has 1 N–H and O–H groups in total. The molecule has 10 heteroatoms. The van der Waals surface area contributed by atoms with Crippen molar-refractivity contribution in [2.45, 2.75) is 11.3 Å². The summed E-state index contributed by atoms with van der Waals surface area (Å²) in [7, 11) is -3.75. The third-order valence-corrected chi connectivity index (χ3v) is 6.51. The van der Waals surface area contributed by atoms with Crippen LogP contribution < -0.4 is 4.90 Å². The number of carboxylic acids is 1. The predicted molar refractivity (Wildman–Crippen MR) is 102 cm³/mol. The van der Waals surface area contributed by atoms with Crippen LogP contribution >= 0.6 is 0 Å². The van der Waals surface area contributed by atoms with Gasteiger partial charge in [0.2, 0.25) is 10.0 Å². The number of nitro groups is 1. The zero-order chi connectivity index (χ0) is 20.3. The number of carboxylic acid groups (broad SMARTS) is 1. The Hall–Kier alpha value is -2.98. The van der Waals surface area contributed by atoms with Gasteiger partial charge in [-0.25, -0.2) is 8.42 Å². The number of sulfonamides is 1. The summed E-state index contributed by atoms with van der Waals surface area (Å²) in [6.07, 6.45) is -0.0997. The first-order valence-electron chi connectivity index (χ1n) is 8.58. The smallest absolute Gasteiger partial charge is 0.307 e. The highest BCUT2D eigenvalue weighted by Crippen LogP contribution is 2.25. The Morgan fingerprint density at radius 3 is 2.21 bits per heavy atom. The zero-order valence-corrected chi connectivity index (χ0v) is 15.7. The lowest BCUT2D eigenvalue weighted by Crippen LogP contribution is -2.48. The lowest BCUT2D eigenvalue weighted by Gasteiger charge is -2.36. The molecule has 0 radical (unpaired) electrons. The van der Waals surface area contributed by atoms with E-state index in [0.717, 1.165) is 5.69 Å². The highest BCUT2D eigenvalue weighted by Gasteiger charge is 2.29. The summed E-state index contributed by atoms with van der Waals surface area (Å²) in [5.74, 6) is -0.924. The second kappa shape index (κ2) is 7.95. The molecule has 1 aliphatic heterocycles. The van der Waals surface area contributed by atoms with Crippen LogP contribution in [0.4, 0.5) is 11.4 Å². The Bertz CT molecular complexity index is 983. The fourth-order valence-electron chi connectivity index (χ4n) is 3.19. The van der Waals surface area contributed by atoms with Crippen LogP contribution in [0.1, 0.15) is 5.56 Å². The third kappa shape index (κ3) is 4.12. The van der Waals surface area contributed by atoms with Gasteiger partial charge in [0.1, 0.15) is 0 Å². The van der Waals surface area contributed by atoms with Crippen molar-refractivity contribution >= 4 is 27.4 Å². The summed E-state index contributed by atoms with van der Waals surface area (Å²) in [5, 5.41) is 19.8. The van der Waals surface area contributed by atoms with Crippen molar-refractivity contribution in [1.29, 1.82) is 0 Å². The fourth-order valence-corrected chi connectivity index (χ4v) is 4.61. The van der Waals surface area contributed by atoms with Crippen LogP contribution in [0.15, 0.2) is 53.4 Å². The van der Waals surface area contributed by atoms with Crippen molar-refractivity contribution in [2.75, 3.05) is 31.1 Å². The molecule has 0 amide bonds. The first kappa shape index (κ1) is 19.8. The minimum Gasteiger partial charge on any atom is -0.481 e. The van der Waals surface area contributed by atoms with Crippen molar-refractivity contribution in [2.24, 2.45) is 0 Å². The van der Waals surface area contributed by atoms with Crippen molar-refractivity contribution in [3.8, 4) is 0 Å². The van der Waals surface area contributed by atoms with E-state index in [1.807, 2.05) is 17.0 Å². The number of nitrogens with zero attached hydrogens (tertiary/aromatic N) is 3. The first-order valence-corrected chi connectivity index (χ1v) is 10.0. The number of anilines is 1. The molecular weight excluding hydrogens is 386 g/mol. The molecule has 0 aliphatic carbocycles. The second-order valence-corrected chi connectivity index (χ2v) is 8.28. The fraction of sp³-hybridized carbons (Fsp3) is 0.278. The largest absolute Gasteiger partial charge is 0.481 e. The quantitative estimate of drug-likeness (QED) is 0.574. The van der Waals surface area contributed by atoms with Crippen molar-refractivity contribution in [1.82, 2.24) is 4.31 Å². The number of non-ortho nitro benzene ring substituents is 1. The van der Waals surface area contributed by atoms with Gasteiger partial charge in [-0.15, -0.1) is 0 Å². The van der Waals surface area contributed by atoms with Gasteiger partial charge >= 0.3 is 5.97 Å². The van der Waals surface area contributed by atoms with Crippen molar-refractivity contribution in [3.63, 3.8) is 0 Å². The average Bonchev–Trinajstić information content (AvgIpc) is 2.68. The van der Waals surface area contributed by atoms with E-state index >= 15 is 0 Å². The first-order chi connectivity index (χ1) is 13.3. The lowest BCUT2D eigenvalue weighted by molar-refractivity contribution is -0.384. The van der Waals surface area contributed by atoms with Crippen LogP contribution in [-0.4, -0.2) is 54.9 Å². The zero-order valence-electron chi connectivity index (χ0n) is 14.9. The molecule has 2 aromatic rings. The maximum atomic E-state index is 12.8. The minimum absolute atomic E-state index is 0.0119. The Morgan fingerprint density at radius 2 is 1.64 bits per heavy atom. The topological polar surface area (TPSA) is 121 Å². The average molecular weight is 405 g/mol. The van der Waals surface area contributed by atoms with E-state index in [9.17, 15) is 23.3 Å². The summed E-state index contributed by atoms with van der Waals surface area (Å²) in [4.78, 5) is 23.2. The number of benzene rings is 2. The molecule has 28 heavy (non-hydrogen) atoms. The summed E-state index contributed by atoms with van der Waals surface area (Å²) >= 11 is 0. The molecule has 0 bridgehead atoms. The van der Waals surface area contributed by atoms with E-state index in [2.05, 4.69) is 0 Å². The maximum Gasteiger partial charge on any atom is 0.307 e. The van der Waals surface area contributed by atoms with E-state index in [1.165, 1.54) is 28.6 Å². The Labute approximate surface area is 162 Å². The molecule has 3 rings (SSSR count). The van der Waals surface area contributed by atoms with Gasteiger partial charge in [-0.05, 0) is 23.8 Å². The summed E-state index contributed by atoms with van der Waals surface area (Å²) in [6.45, 7) is 1.31. The van der Waals surface area contributed by atoms with E-state index < -0.39 is 20.9 Å². The third-order valence-electron chi connectivity index (χ3n) is 4.60. The van der Waals surface area contributed by atoms with Gasteiger partial charge in [0.05, 0.1) is 16.2 Å². The van der Waals surface area contributed by atoms with Gasteiger partial charge in [-0.2, -0.15) is 4.31 Å². The van der Waals surface area contributed by atoms with Crippen LogP contribution in [0.5, 0.6) is 0 Å². The van der Waals surface area contributed by atoms with Gasteiger partial charge in [0.25, 0.3) is 5.69 Å². The van der Waals surface area contributed by atoms with Crippen molar-refractivity contribution < 1.29 is 23.2 Å². The number of piperazine rings is 1. The Balaban J connectivity index is 1.73. The molecule has 0 unspecified atom stereocenters. The minimum atomic E-state index is -3.75. The molecule has 0 spiro atoms. The summed E-state index contributed by atoms with van der Waals surface area (Å²) in [5.41, 5.74) is 1.30. The predicted octanol–water partition coefficient (Wildman–Crippen LogP) is 1.73. The van der Waals surface area contributed by atoms with Gasteiger partial charge in [-0.3, -0.25) is 14.9 Å². The highest BCUT2D eigenvalue weighted by molar-refractivity contribution is 7.89. The molecule has 2 aromatic carbocycles. The molecule has 1 saturated heterocycles. The second-order valence-electron chi connectivity index (χ2n) is 6.34. The number of rotatable bonds is 6. The van der Waals surface area contributed by atoms with E-state index in [0.29, 0.717) is 18.7 Å². The van der Waals surface area contributed by atoms with Crippen LogP contribution in [0, 0.1) is 10.1 Å². The van der Waals surface area contributed by atoms with E-state index in [4.69, 9.17) is 5.11 Å². The van der Waals surface area contributed by atoms with Crippen LogP contribution in [-0.2, 0) is 21.2 Å². The van der Waals surface area contributed by atoms with Crippen LogP contribution in [0.3, 0.4) is 0 Å². The normalized spacial score (nSPS) is 15.4. The molecule has 0 atom stereocenters. The number of hydrogen-bond acceptors (Lipinski definition) is 6. The van der Waals surface area contributed by atoms with Gasteiger partial charge in [0.15, 0.2) is 0 Å². The van der Waals surface area contributed by atoms with Crippen molar-refractivity contribution in [3.05, 3.63) is 64.2 Å². The number of para-hydroxylation sites is 1. The van der Waals surface area contributed by atoms with E-state index in [1.54, 1.807) is 12.1 Å². The Morgan fingerprint density at radius 1 is 1.04 bits per heavy atom. The lowest BCUT2D eigenvalue weighted by atomic mass is 10.1. The molecule has 0 saturated carbocycles. The van der Waals surface area contributed by atoms with Gasteiger partial charge in [-0.1, -0.05) is 18.2 Å². The molecule has 1 aliphatic rings. The molecule has 9 nitrogen and oxygen atoms in total. The number of hydrogen-bond donors (Lipinski definition) is 1. The Kier molecular flexibility index (Phi) is 5.61. The number of nitro benzene ring substituents is 1. The molecule has 148 valence electrons. The molecular formula is C18H19N3O6S. The highest BCUT2D eigenvalue weighted by atomic mass is 32.2. The molecule has 1 heterocycles. The number of aliphatic carboxylic acids is 1. The van der Waals surface area contributed by atoms with Gasteiger partial charge < -0.3 is 10.0 Å². The van der Waals surface area contributed by atoms with E-state index in [-0.39, 0.29) is 30.1 Å². The van der Waals surface area contributed by atoms with Gasteiger partial charge in [0, 0.05) is 44.0 Å². The van der Waals surface area contributed by atoms with Crippen LogP contribution in [0.25, 0.3) is 0 Å². The molecule has 1 fully saturated rings. The summed E-state index contributed by atoms with van der Waals surface area (Å²) < 4.78 is 26.9. The standard InChI is InChI=1S/C18H19N3O6S/c22-18(23)13-14-3-1-2-4-17(14)19-9-11-20(12-10-19)28(26,27)16-7-5-15(6-8-16)21(24)25/h1-8H,9-13H2,(H,22,23).